The van der Waals surface area contributed by atoms with Crippen molar-refractivity contribution in [3.63, 3.8) is 0 Å². The molecule has 3 rings (SSSR count). The van der Waals surface area contributed by atoms with Gasteiger partial charge in [0.2, 0.25) is 5.91 Å². The van der Waals surface area contributed by atoms with Crippen molar-refractivity contribution >= 4 is 23.6 Å². The van der Waals surface area contributed by atoms with Crippen molar-refractivity contribution in [3.8, 4) is 11.5 Å². The van der Waals surface area contributed by atoms with Gasteiger partial charge in [-0.05, 0) is 30.6 Å². The zero-order valence-electron chi connectivity index (χ0n) is 16.0. The third kappa shape index (κ3) is 4.16. The van der Waals surface area contributed by atoms with E-state index in [0.29, 0.717) is 43.0 Å². The Morgan fingerprint density at radius 2 is 2.04 bits per heavy atom. The second-order valence-corrected chi connectivity index (χ2v) is 7.89. The fourth-order valence-corrected chi connectivity index (χ4v) is 4.17. The Morgan fingerprint density at radius 3 is 2.67 bits per heavy atom. The van der Waals surface area contributed by atoms with Gasteiger partial charge in [-0.3, -0.25) is 14.9 Å². The number of amides is 2. The van der Waals surface area contributed by atoms with E-state index in [-0.39, 0.29) is 23.5 Å². The lowest BCUT2D eigenvalue weighted by atomic mass is 9.97. The maximum absolute atomic E-state index is 12.9. The average Bonchev–Trinajstić information content (AvgIpc) is 3.00. The summed E-state index contributed by atoms with van der Waals surface area (Å²) < 4.78 is 10.6. The molecule has 1 aromatic rings. The van der Waals surface area contributed by atoms with Gasteiger partial charge in [0.15, 0.2) is 0 Å². The fraction of sp³-hybridized carbons (Fsp3) is 0.579. The molecule has 1 unspecified atom stereocenters. The predicted molar refractivity (Wildman–Crippen MR) is 105 cm³/mol. The number of thioether (sulfide) groups is 1. The van der Waals surface area contributed by atoms with E-state index >= 15 is 0 Å². The van der Waals surface area contributed by atoms with E-state index in [4.69, 9.17) is 9.47 Å². The number of methoxy groups -OCH3 is 2. The zero-order valence-corrected chi connectivity index (χ0v) is 16.9. The van der Waals surface area contributed by atoms with Crippen LogP contribution in [0.2, 0.25) is 0 Å². The number of likely N-dealkylation sites (tertiary alicyclic amines) is 1. The molecule has 0 saturated carbocycles. The molecule has 8 heteroatoms. The molecule has 148 valence electrons. The largest absolute Gasteiger partial charge is 0.497 e. The summed E-state index contributed by atoms with van der Waals surface area (Å²) in [5, 5.41) is 6.60. The molecule has 2 saturated heterocycles. The van der Waals surface area contributed by atoms with E-state index in [1.165, 1.54) is 0 Å². The molecule has 2 aliphatic rings. The SMILES string of the molecule is COc1ccc(C(=O)N2CCC3(CC2)NC(=O)C(CCSC)N3)c(OC)c1. The number of hydrogen-bond donors (Lipinski definition) is 2. The summed E-state index contributed by atoms with van der Waals surface area (Å²) in [6, 6.07) is 5.07. The van der Waals surface area contributed by atoms with Gasteiger partial charge in [-0.15, -0.1) is 0 Å². The third-order valence-electron chi connectivity index (χ3n) is 5.28. The first-order chi connectivity index (χ1) is 13.0. The van der Waals surface area contributed by atoms with Crippen LogP contribution in [-0.2, 0) is 4.79 Å². The van der Waals surface area contributed by atoms with Gasteiger partial charge < -0.3 is 19.7 Å². The number of hydrogen-bond acceptors (Lipinski definition) is 6. The number of ether oxygens (including phenoxy) is 2. The Bertz CT molecular complexity index is 704. The molecule has 27 heavy (non-hydrogen) atoms. The van der Waals surface area contributed by atoms with Crippen LogP contribution < -0.4 is 20.1 Å². The lowest BCUT2D eigenvalue weighted by molar-refractivity contribution is -0.121. The number of carbonyl (C=O) groups is 2. The Balaban J connectivity index is 1.64. The van der Waals surface area contributed by atoms with Crippen LogP contribution in [0.15, 0.2) is 18.2 Å². The van der Waals surface area contributed by atoms with E-state index in [2.05, 4.69) is 10.6 Å². The van der Waals surface area contributed by atoms with Gasteiger partial charge in [0, 0.05) is 32.0 Å². The van der Waals surface area contributed by atoms with Crippen LogP contribution in [-0.4, -0.2) is 67.7 Å². The number of nitrogens with one attached hydrogen (secondary N) is 2. The van der Waals surface area contributed by atoms with Crippen LogP contribution in [0.1, 0.15) is 29.6 Å². The minimum absolute atomic E-state index is 0.0624. The van der Waals surface area contributed by atoms with Crippen molar-refractivity contribution in [1.29, 1.82) is 0 Å². The summed E-state index contributed by atoms with van der Waals surface area (Å²) >= 11 is 1.74. The average molecular weight is 394 g/mol. The van der Waals surface area contributed by atoms with Gasteiger partial charge in [-0.2, -0.15) is 11.8 Å². The fourth-order valence-electron chi connectivity index (χ4n) is 3.70. The summed E-state index contributed by atoms with van der Waals surface area (Å²) in [6.07, 6.45) is 4.25. The smallest absolute Gasteiger partial charge is 0.257 e. The molecular formula is C19H27N3O4S. The van der Waals surface area contributed by atoms with E-state index in [1.54, 1.807) is 44.2 Å². The molecule has 7 nitrogen and oxygen atoms in total. The molecular weight excluding hydrogens is 366 g/mol. The quantitative estimate of drug-likeness (QED) is 0.762. The van der Waals surface area contributed by atoms with Crippen LogP contribution in [0.5, 0.6) is 11.5 Å². The van der Waals surface area contributed by atoms with Gasteiger partial charge in [-0.1, -0.05) is 0 Å². The monoisotopic (exact) mass is 393 g/mol. The topological polar surface area (TPSA) is 79.9 Å². The summed E-state index contributed by atoms with van der Waals surface area (Å²) in [5.41, 5.74) is 0.136. The summed E-state index contributed by atoms with van der Waals surface area (Å²) in [7, 11) is 3.12. The first-order valence-corrected chi connectivity index (χ1v) is 10.5. The minimum atomic E-state index is -0.388. The Labute approximate surface area is 164 Å². The summed E-state index contributed by atoms with van der Waals surface area (Å²) in [6.45, 7) is 1.16. The maximum atomic E-state index is 12.9. The van der Waals surface area contributed by atoms with Crippen LogP contribution >= 0.6 is 11.8 Å². The zero-order chi connectivity index (χ0) is 19.4. The van der Waals surface area contributed by atoms with Crippen molar-refractivity contribution in [3.05, 3.63) is 23.8 Å². The van der Waals surface area contributed by atoms with Gasteiger partial charge in [-0.25, -0.2) is 0 Å². The number of nitrogens with zero attached hydrogens (tertiary/aromatic N) is 1. The molecule has 2 amide bonds. The van der Waals surface area contributed by atoms with Crippen LogP contribution in [0.25, 0.3) is 0 Å². The lowest BCUT2D eigenvalue weighted by Crippen LogP contribution is -2.58. The summed E-state index contributed by atoms with van der Waals surface area (Å²) in [5.74, 6) is 2.11. The Hall–Kier alpha value is -1.93. The lowest BCUT2D eigenvalue weighted by Gasteiger charge is -2.39. The first kappa shape index (κ1) is 19.8. The molecule has 1 aromatic carbocycles. The van der Waals surface area contributed by atoms with E-state index < -0.39 is 0 Å². The number of rotatable bonds is 6. The number of benzene rings is 1. The molecule has 2 aliphatic heterocycles. The molecule has 0 radical (unpaired) electrons. The highest BCUT2D eigenvalue weighted by atomic mass is 32.2. The standard InChI is InChI=1S/C19H27N3O4S/c1-25-13-4-5-14(16(12-13)26-2)18(24)22-9-7-19(8-10-22)20-15(6-11-27-3)17(23)21-19/h4-5,12,15,20H,6-11H2,1-3H3,(H,21,23). The number of piperidine rings is 1. The second-order valence-electron chi connectivity index (χ2n) is 6.91. The molecule has 2 fully saturated rings. The molecule has 1 atom stereocenters. The molecule has 2 N–H and O–H groups in total. The molecule has 0 aromatic heterocycles. The van der Waals surface area contributed by atoms with Crippen LogP contribution in [0.3, 0.4) is 0 Å². The minimum Gasteiger partial charge on any atom is -0.497 e. The summed E-state index contributed by atoms with van der Waals surface area (Å²) in [4.78, 5) is 27.0. The maximum Gasteiger partial charge on any atom is 0.257 e. The van der Waals surface area contributed by atoms with Crippen molar-refractivity contribution in [1.82, 2.24) is 15.5 Å². The van der Waals surface area contributed by atoms with Crippen molar-refractivity contribution in [2.75, 3.05) is 39.3 Å². The first-order valence-electron chi connectivity index (χ1n) is 9.12. The van der Waals surface area contributed by atoms with Gasteiger partial charge >= 0.3 is 0 Å². The molecule has 1 spiro atoms. The Morgan fingerprint density at radius 1 is 1.30 bits per heavy atom. The second kappa shape index (κ2) is 8.39. The highest BCUT2D eigenvalue weighted by Gasteiger charge is 2.45. The third-order valence-corrected chi connectivity index (χ3v) is 5.93. The van der Waals surface area contributed by atoms with E-state index in [1.807, 2.05) is 11.2 Å². The van der Waals surface area contributed by atoms with Gasteiger partial charge in [0.25, 0.3) is 5.91 Å². The predicted octanol–water partition coefficient (Wildman–Crippen LogP) is 1.48. The number of carbonyl (C=O) groups excluding carboxylic acids is 2. The van der Waals surface area contributed by atoms with Crippen molar-refractivity contribution in [2.45, 2.75) is 31.0 Å². The molecule has 0 aliphatic carbocycles. The molecule has 0 bridgehead atoms. The van der Waals surface area contributed by atoms with Crippen molar-refractivity contribution in [2.24, 2.45) is 0 Å². The van der Waals surface area contributed by atoms with Crippen molar-refractivity contribution < 1.29 is 19.1 Å². The highest BCUT2D eigenvalue weighted by molar-refractivity contribution is 7.98. The normalized spacial score (nSPS) is 21.2. The van der Waals surface area contributed by atoms with E-state index in [9.17, 15) is 9.59 Å². The molecule has 2 heterocycles. The van der Waals surface area contributed by atoms with E-state index in [0.717, 1.165) is 12.2 Å². The van der Waals surface area contributed by atoms with Gasteiger partial charge in [0.05, 0.1) is 31.5 Å². The van der Waals surface area contributed by atoms with Gasteiger partial charge in [0.1, 0.15) is 11.5 Å². The van der Waals surface area contributed by atoms with Crippen LogP contribution in [0, 0.1) is 0 Å². The highest BCUT2D eigenvalue weighted by Crippen LogP contribution is 2.29. The van der Waals surface area contributed by atoms with Crippen LogP contribution in [0.4, 0.5) is 0 Å². The Kier molecular flexibility index (Phi) is 6.16.